The van der Waals surface area contributed by atoms with Gasteiger partial charge < -0.3 is 4.52 Å². The van der Waals surface area contributed by atoms with Gasteiger partial charge in [0.25, 0.3) is 0 Å². The molecule has 0 fully saturated rings. The van der Waals surface area contributed by atoms with Crippen LogP contribution in [0.1, 0.15) is 11.5 Å². The zero-order valence-corrected chi connectivity index (χ0v) is 15.3. The summed E-state index contributed by atoms with van der Waals surface area (Å²) in [6.07, 6.45) is 0. The van der Waals surface area contributed by atoms with E-state index < -0.39 is 0 Å². The molecule has 7 heteroatoms. The van der Waals surface area contributed by atoms with Gasteiger partial charge in [-0.25, -0.2) is 4.98 Å². The van der Waals surface area contributed by atoms with Crippen LogP contribution >= 0.6 is 34.4 Å². The number of hydrogen-bond donors (Lipinski definition) is 0. The molecule has 0 atom stereocenters. The molecule has 0 unspecified atom stereocenters. The van der Waals surface area contributed by atoms with Crippen LogP contribution in [0.15, 0.2) is 55.3 Å². The van der Waals surface area contributed by atoms with Crippen molar-refractivity contribution in [1.82, 2.24) is 15.1 Å². The third kappa shape index (κ3) is 3.43. The van der Waals surface area contributed by atoms with Crippen molar-refractivity contribution in [1.29, 1.82) is 0 Å². The van der Waals surface area contributed by atoms with Crippen molar-refractivity contribution in [2.24, 2.45) is 0 Å². The minimum absolute atomic E-state index is 0.619. The molecule has 1 aromatic carbocycles. The summed E-state index contributed by atoms with van der Waals surface area (Å²) < 4.78 is 6.32. The van der Waals surface area contributed by atoms with Gasteiger partial charge in [0.05, 0.1) is 11.4 Å². The SMILES string of the molecule is Cc1ccc(-c2csc(SCc3nc(-c4ccsc4)no3)n2)cc1. The summed E-state index contributed by atoms with van der Waals surface area (Å²) in [6, 6.07) is 10.4. The van der Waals surface area contributed by atoms with Crippen molar-refractivity contribution >= 4 is 34.4 Å². The van der Waals surface area contributed by atoms with Crippen LogP contribution in [0.5, 0.6) is 0 Å². The molecule has 0 aliphatic rings. The molecule has 4 aromatic rings. The summed E-state index contributed by atoms with van der Waals surface area (Å²) in [7, 11) is 0. The molecule has 0 N–H and O–H groups in total. The first-order chi connectivity index (χ1) is 11.8. The number of thiazole rings is 1. The maximum Gasteiger partial charge on any atom is 0.237 e. The van der Waals surface area contributed by atoms with E-state index >= 15 is 0 Å². The zero-order valence-electron chi connectivity index (χ0n) is 12.8. The van der Waals surface area contributed by atoms with Gasteiger partial charge in [0.1, 0.15) is 0 Å². The van der Waals surface area contributed by atoms with E-state index in [0.29, 0.717) is 17.5 Å². The third-order valence-corrected chi connectivity index (χ3v) is 6.09. The summed E-state index contributed by atoms with van der Waals surface area (Å²) in [6.45, 7) is 2.08. The van der Waals surface area contributed by atoms with Gasteiger partial charge in [-0.1, -0.05) is 46.7 Å². The van der Waals surface area contributed by atoms with E-state index in [2.05, 4.69) is 51.7 Å². The van der Waals surface area contributed by atoms with Gasteiger partial charge in [0.2, 0.25) is 11.7 Å². The molecule has 120 valence electrons. The average molecular weight is 372 g/mol. The fraction of sp³-hybridized carbons (Fsp3) is 0.118. The Kier molecular flexibility index (Phi) is 4.46. The van der Waals surface area contributed by atoms with Gasteiger partial charge in [0, 0.05) is 21.9 Å². The summed E-state index contributed by atoms with van der Waals surface area (Å²) >= 11 is 4.87. The highest BCUT2D eigenvalue weighted by atomic mass is 32.2. The van der Waals surface area contributed by atoms with Crippen molar-refractivity contribution < 1.29 is 4.52 Å². The first kappa shape index (κ1) is 15.6. The summed E-state index contributed by atoms with van der Waals surface area (Å²) in [5.74, 6) is 1.89. The molecule has 24 heavy (non-hydrogen) atoms. The Labute approximate surface area is 151 Å². The molecule has 0 aliphatic carbocycles. The number of rotatable bonds is 5. The van der Waals surface area contributed by atoms with Crippen molar-refractivity contribution in [3.63, 3.8) is 0 Å². The van der Waals surface area contributed by atoms with Gasteiger partial charge in [0.15, 0.2) is 4.34 Å². The van der Waals surface area contributed by atoms with Crippen LogP contribution in [0.3, 0.4) is 0 Å². The molecule has 0 amide bonds. The van der Waals surface area contributed by atoms with E-state index in [1.54, 1.807) is 34.4 Å². The lowest BCUT2D eigenvalue weighted by atomic mass is 10.1. The number of nitrogens with zero attached hydrogens (tertiary/aromatic N) is 3. The minimum Gasteiger partial charge on any atom is -0.338 e. The largest absolute Gasteiger partial charge is 0.338 e. The molecule has 3 heterocycles. The molecule has 0 radical (unpaired) electrons. The first-order valence-electron chi connectivity index (χ1n) is 7.28. The van der Waals surface area contributed by atoms with Gasteiger partial charge in [-0.15, -0.1) is 11.3 Å². The van der Waals surface area contributed by atoms with E-state index in [4.69, 9.17) is 4.52 Å². The monoisotopic (exact) mass is 371 g/mol. The Bertz CT molecular complexity index is 926. The van der Waals surface area contributed by atoms with Crippen LogP contribution in [0.4, 0.5) is 0 Å². The minimum atomic E-state index is 0.619. The Balaban J connectivity index is 1.42. The third-order valence-electron chi connectivity index (χ3n) is 3.40. The number of thiophene rings is 1. The van der Waals surface area contributed by atoms with Crippen molar-refractivity contribution in [2.75, 3.05) is 0 Å². The Morgan fingerprint density at radius 1 is 1.04 bits per heavy atom. The molecule has 0 spiro atoms. The van der Waals surface area contributed by atoms with Gasteiger partial charge in [-0.3, -0.25) is 0 Å². The lowest BCUT2D eigenvalue weighted by molar-refractivity contribution is 0.391. The fourth-order valence-electron chi connectivity index (χ4n) is 2.13. The molecule has 0 aliphatic heterocycles. The summed E-state index contributed by atoms with van der Waals surface area (Å²) in [5.41, 5.74) is 4.39. The second-order valence-corrected chi connectivity index (χ2v) is 8.04. The molecular formula is C17H13N3OS3. The predicted molar refractivity (Wildman–Crippen MR) is 99.5 cm³/mol. The molecule has 3 aromatic heterocycles. The number of benzene rings is 1. The maximum absolute atomic E-state index is 5.31. The van der Waals surface area contributed by atoms with Crippen molar-refractivity contribution in [3.05, 3.63) is 57.9 Å². The molecule has 4 rings (SSSR count). The normalized spacial score (nSPS) is 11.0. The Hall–Kier alpha value is -1.96. The number of hydrogen-bond acceptors (Lipinski definition) is 7. The van der Waals surface area contributed by atoms with Crippen LogP contribution < -0.4 is 0 Å². The molecule has 0 saturated heterocycles. The van der Waals surface area contributed by atoms with E-state index in [1.807, 2.05) is 16.8 Å². The van der Waals surface area contributed by atoms with E-state index in [9.17, 15) is 0 Å². The lowest BCUT2D eigenvalue weighted by Gasteiger charge is -1.97. The van der Waals surface area contributed by atoms with Crippen LogP contribution in [0, 0.1) is 6.92 Å². The Morgan fingerprint density at radius 3 is 2.71 bits per heavy atom. The average Bonchev–Trinajstić information content (AvgIpc) is 3.34. The first-order valence-corrected chi connectivity index (χ1v) is 10.1. The van der Waals surface area contributed by atoms with Crippen LogP contribution in [0.25, 0.3) is 22.6 Å². The summed E-state index contributed by atoms with van der Waals surface area (Å²) in [5, 5.41) is 10.1. The fourth-order valence-corrected chi connectivity index (χ4v) is 4.43. The van der Waals surface area contributed by atoms with Gasteiger partial charge in [-0.2, -0.15) is 16.3 Å². The van der Waals surface area contributed by atoms with Crippen LogP contribution in [-0.2, 0) is 5.75 Å². The van der Waals surface area contributed by atoms with Gasteiger partial charge >= 0.3 is 0 Å². The van der Waals surface area contributed by atoms with E-state index in [1.165, 1.54) is 5.56 Å². The van der Waals surface area contributed by atoms with Crippen molar-refractivity contribution in [2.45, 2.75) is 17.0 Å². The Morgan fingerprint density at radius 2 is 1.92 bits per heavy atom. The molecule has 4 nitrogen and oxygen atoms in total. The standard InChI is InChI=1S/C17H13N3OS3/c1-11-2-4-12(5-3-11)14-9-23-17(18-14)24-10-15-19-16(20-21-15)13-6-7-22-8-13/h2-9H,10H2,1H3. The molecule has 0 saturated carbocycles. The van der Waals surface area contributed by atoms with Gasteiger partial charge in [-0.05, 0) is 18.4 Å². The maximum atomic E-state index is 5.31. The predicted octanol–water partition coefficient (Wildman–Crippen LogP) is 5.52. The highest BCUT2D eigenvalue weighted by Gasteiger charge is 2.11. The number of aromatic nitrogens is 3. The second kappa shape index (κ2) is 6.88. The topological polar surface area (TPSA) is 51.8 Å². The second-order valence-electron chi connectivity index (χ2n) is 5.18. The quantitative estimate of drug-likeness (QED) is 0.432. The highest BCUT2D eigenvalue weighted by Crippen LogP contribution is 2.30. The highest BCUT2D eigenvalue weighted by molar-refractivity contribution is 8.00. The van der Waals surface area contributed by atoms with Crippen molar-refractivity contribution in [3.8, 4) is 22.6 Å². The van der Waals surface area contributed by atoms with Crippen LogP contribution in [0.2, 0.25) is 0 Å². The number of aryl methyl sites for hydroxylation is 1. The summed E-state index contributed by atoms with van der Waals surface area (Å²) in [4.78, 5) is 9.10. The molecular weight excluding hydrogens is 358 g/mol. The van der Waals surface area contributed by atoms with E-state index in [0.717, 1.165) is 21.2 Å². The lowest BCUT2D eigenvalue weighted by Crippen LogP contribution is -1.82. The molecule has 0 bridgehead atoms. The number of thioether (sulfide) groups is 1. The smallest absolute Gasteiger partial charge is 0.237 e. The van der Waals surface area contributed by atoms with E-state index in [-0.39, 0.29) is 0 Å². The zero-order chi connectivity index (χ0) is 16.4. The van der Waals surface area contributed by atoms with Crippen LogP contribution in [-0.4, -0.2) is 15.1 Å².